The predicted molar refractivity (Wildman–Crippen MR) is 80.7 cm³/mol. The second-order valence-corrected chi connectivity index (χ2v) is 4.46. The molecule has 0 aromatic heterocycles. The Morgan fingerprint density at radius 3 is 2.25 bits per heavy atom. The summed E-state index contributed by atoms with van der Waals surface area (Å²) in [6.07, 6.45) is 0.458. The Kier molecular flexibility index (Phi) is 5.02. The van der Waals surface area contributed by atoms with Gasteiger partial charge in [-0.2, -0.15) is 5.26 Å². The fourth-order valence-electron chi connectivity index (χ4n) is 1.91. The maximum Gasteiger partial charge on any atom is 0.119 e. The molecule has 0 saturated heterocycles. The van der Waals surface area contributed by atoms with E-state index in [0.717, 1.165) is 23.5 Å². The predicted octanol–water partition coefficient (Wildman–Crippen LogP) is 3.76. The molecule has 1 N–H and O–H groups in total. The van der Waals surface area contributed by atoms with Crippen molar-refractivity contribution < 1.29 is 4.74 Å². The maximum atomic E-state index is 8.63. The number of nitriles is 1. The lowest BCUT2D eigenvalue weighted by molar-refractivity contribution is 0.340. The number of nitrogens with zero attached hydrogens (tertiary/aromatic N) is 1. The molecular formula is C17H18N2O. The van der Waals surface area contributed by atoms with Crippen LogP contribution in [0.2, 0.25) is 0 Å². The molecular weight excluding hydrogens is 248 g/mol. The minimum Gasteiger partial charge on any atom is -0.494 e. The van der Waals surface area contributed by atoms with E-state index in [2.05, 4.69) is 23.5 Å². The van der Waals surface area contributed by atoms with Gasteiger partial charge in [0.05, 0.1) is 19.1 Å². The topological polar surface area (TPSA) is 45.0 Å². The number of anilines is 1. The summed E-state index contributed by atoms with van der Waals surface area (Å²) in [7, 11) is 0. The Bertz CT molecular complexity index is 567. The molecule has 0 unspecified atom stereocenters. The molecule has 2 rings (SSSR count). The van der Waals surface area contributed by atoms with Gasteiger partial charge in [-0.05, 0) is 42.3 Å². The van der Waals surface area contributed by atoms with Gasteiger partial charge >= 0.3 is 0 Å². The third kappa shape index (κ3) is 4.03. The largest absolute Gasteiger partial charge is 0.494 e. The van der Waals surface area contributed by atoms with Crippen molar-refractivity contribution in [3.8, 4) is 11.8 Å². The van der Waals surface area contributed by atoms with Crippen molar-refractivity contribution >= 4 is 5.69 Å². The first-order chi connectivity index (χ1) is 9.81. The standard InChI is InChI=1S/C17H18N2O/c1-2-20-17-9-5-15(6-10-17)13-19-16-7-3-14(4-8-16)11-12-18/h3-10,19H,2,11,13H2,1H3. The van der Waals surface area contributed by atoms with Gasteiger partial charge in [0.1, 0.15) is 5.75 Å². The molecule has 0 spiro atoms. The number of ether oxygens (including phenoxy) is 1. The van der Waals surface area contributed by atoms with Crippen molar-refractivity contribution in [3.63, 3.8) is 0 Å². The van der Waals surface area contributed by atoms with Crippen LogP contribution in [0, 0.1) is 11.3 Å². The Morgan fingerprint density at radius 1 is 1.00 bits per heavy atom. The van der Waals surface area contributed by atoms with Crippen molar-refractivity contribution in [2.45, 2.75) is 19.9 Å². The van der Waals surface area contributed by atoms with E-state index in [-0.39, 0.29) is 0 Å². The summed E-state index contributed by atoms with van der Waals surface area (Å²) < 4.78 is 5.41. The van der Waals surface area contributed by atoms with Gasteiger partial charge in [0.15, 0.2) is 0 Å². The zero-order chi connectivity index (χ0) is 14.2. The van der Waals surface area contributed by atoms with Crippen LogP contribution in [0.1, 0.15) is 18.1 Å². The van der Waals surface area contributed by atoms with E-state index in [4.69, 9.17) is 10.00 Å². The molecule has 102 valence electrons. The third-order valence-electron chi connectivity index (χ3n) is 2.97. The lowest BCUT2D eigenvalue weighted by atomic mass is 10.1. The monoisotopic (exact) mass is 266 g/mol. The minimum atomic E-state index is 0.458. The highest BCUT2D eigenvalue weighted by molar-refractivity contribution is 5.45. The highest BCUT2D eigenvalue weighted by Gasteiger charge is 1.97. The van der Waals surface area contributed by atoms with Gasteiger partial charge in [-0.3, -0.25) is 0 Å². The number of nitrogens with one attached hydrogen (secondary N) is 1. The molecule has 0 radical (unpaired) electrons. The van der Waals surface area contributed by atoms with E-state index >= 15 is 0 Å². The molecule has 3 heteroatoms. The van der Waals surface area contributed by atoms with E-state index in [0.29, 0.717) is 13.0 Å². The summed E-state index contributed by atoms with van der Waals surface area (Å²) in [6, 6.07) is 18.2. The van der Waals surface area contributed by atoms with Crippen LogP contribution in [0.15, 0.2) is 48.5 Å². The normalized spacial score (nSPS) is 9.80. The summed E-state index contributed by atoms with van der Waals surface area (Å²) in [5, 5.41) is 12.0. The smallest absolute Gasteiger partial charge is 0.119 e. The first-order valence-electron chi connectivity index (χ1n) is 6.73. The molecule has 0 aliphatic rings. The van der Waals surface area contributed by atoms with Crippen LogP contribution in [-0.4, -0.2) is 6.61 Å². The number of hydrogen-bond donors (Lipinski definition) is 1. The van der Waals surface area contributed by atoms with Crippen molar-refractivity contribution in [2.75, 3.05) is 11.9 Å². The van der Waals surface area contributed by atoms with E-state index in [9.17, 15) is 0 Å². The summed E-state index contributed by atoms with van der Waals surface area (Å²) in [5.74, 6) is 0.900. The average molecular weight is 266 g/mol. The zero-order valence-electron chi connectivity index (χ0n) is 11.6. The number of hydrogen-bond acceptors (Lipinski definition) is 3. The van der Waals surface area contributed by atoms with E-state index < -0.39 is 0 Å². The Balaban J connectivity index is 1.89. The van der Waals surface area contributed by atoms with E-state index in [1.807, 2.05) is 43.3 Å². The van der Waals surface area contributed by atoms with Crippen LogP contribution in [0.25, 0.3) is 0 Å². The molecule has 3 nitrogen and oxygen atoms in total. The molecule has 0 heterocycles. The first-order valence-corrected chi connectivity index (χ1v) is 6.73. The fraction of sp³-hybridized carbons (Fsp3) is 0.235. The first kappa shape index (κ1) is 14.0. The molecule has 0 bridgehead atoms. The molecule has 0 amide bonds. The lowest BCUT2D eigenvalue weighted by Crippen LogP contribution is -1.99. The van der Waals surface area contributed by atoms with Gasteiger partial charge < -0.3 is 10.1 Å². The van der Waals surface area contributed by atoms with Crippen molar-refractivity contribution in [3.05, 3.63) is 59.7 Å². The maximum absolute atomic E-state index is 8.63. The molecule has 0 saturated carbocycles. The van der Waals surface area contributed by atoms with E-state index in [1.165, 1.54) is 5.56 Å². The average Bonchev–Trinajstić information content (AvgIpc) is 2.49. The van der Waals surface area contributed by atoms with Crippen LogP contribution < -0.4 is 10.1 Å². The molecule has 20 heavy (non-hydrogen) atoms. The molecule has 0 aliphatic heterocycles. The second kappa shape index (κ2) is 7.20. The molecule has 0 atom stereocenters. The Labute approximate surface area is 119 Å². The highest BCUT2D eigenvalue weighted by atomic mass is 16.5. The lowest BCUT2D eigenvalue weighted by Gasteiger charge is -2.08. The van der Waals surface area contributed by atoms with Crippen LogP contribution in [0.3, 0.4) is 0 Å². The number of rotatable bonds is 6. The van der Waals surface area contributed by atoms with Crippen molar-refractivity contribution in [1.82, 2.24) is 0 Å². The third-order valence-corrected chi connectivity index (χ3v) is 2.97. The van der Waals surface area contributed by atoms with E-state index in [1.54, 1.807) is 0 Å². The SMILES string of the molecule is CCOc1ccc(CNc2ccc(CC#N)cc2)cc1. The number of benzene rings is 2. The molecule has 2 aromatic carbocycles. The van der Waals surface area contributed by atoms with Gasteiger partial charge in [-0.1, -0.05) is 24.3 Å². The zero-order valence-corrected chi connectivity index (χ0v) is 11.6. The van der Waals surface area contributed by atoms with Gasteiger partial charge in [-0.15, -0.1) is 0 Å². The molecule has 2 aromatic rings. The van der Waals surface area contributed by atoms with Crippen LogP contribution >= 0.6 is 0 Å². The summed E-state index contributed by atoms with van der Waals surface area (Å²) >= 11 is 0. The highest BCUT2D eigenvalue weighted by Crippen LogP contribution is 2.15. The van der Waals surface area contributed by atoms with Crippen molar-refractivity contribution in [2.24, 2.45) is 0 Å². The summed E-state index contributed by atoms with van der Waals surface area (Å²) in [4.78, 5) is 0. The quantitative estimate of drug-likeness (QED) is 0.865. The van der Waals surface area contributed by atoms with Gasteiger partial charge in [-0.25, -0.2) is 0 Å². The Morgan fingerprint density at radius 2 is 1.65 bits per heavy atom. The van der Waals surface area contributed by atoms with Gasteiger partial charge in [0.2, 0.25) is 0 Å². The second-order valence-electron chi connectivity index (χ2n) is 4.46. The molecule has 0 aliphatic carbocycles. The van der Waals surface area contributed by atoms with Gasteiger partial charge in [0, 0.05) is 12.2 Å². The summed E-state index contributed by atoms with van der Waals surface area (Å²) in [5.41, 5.74) is 3.30. The minimum absolute atomic E-state index is 0.458. The Hall–Kier alpha value is -2.47. The van der Waals surface area contributed by atoms with Crippen LogP contribution in [-0.2, 0) is 13.0 Å². The molecule has 0 fully saturated rings. The fourth-order valence-corrected chi connectivity index (χ4v) is 1.91. The summed E-state index contributed by atoms with van der Waals surface area (Å²) in [6.45, 7) is 3.43. The van der Waals surface area contributed by atoms with Gasteiger partial charge in [0.25, 0.3) is 0 Å². The van der Waals surface area contributed by atoms with Crippen LogP contribution in [0.5, 0.6) is 5.75 Å². The van der Waals surface area contributed by atoms with Crippen LogP contribution in [0.4, 0.5) is 5.69 Å². The van der Waals surface area contributed by atoms with Crippen molar-refractivity contribution in [1.29, 1.82) is 5.26 Å².